The molecule has 0 fully saturated rings. The Morgan fingerprint density at radius 1 is 0.931 bits per heavy atom. The smallest absolute Gasteiger partial charge is 0.267 e. The number of benzene rings is 3. The van der Waals surface area contributed by atoms with Crippen LogP contribution in [0.3, 0.4) is 0 Å². The molecule has 1 N–H and O–H groups in total. The third-order valence-electron chi connectivity index (χ3n) is 4.58. The zero-order chi connectivity index (χ0) is 20.2. The van der Waals surface area contributed by atoms with E-state index in [1.807, 2.05) is 54.6 Å². The first-order valence-corrected chi connectivity index (χ1v) is 9.55. The Bertz CT molecular complexity index is 1250. The first-order valence-electron chi connectivity index (χ1n) is 9.17. The highest BCUT2D eigenvalue weighted by Gasteiger charge is 2.09. The molecule has 0 aliphatic heterocycles. The van der Waals surface area contributed by atoms with Gasteiger partial charge in [0.2, 0.25) is 5.91 Å². The Morgan fingerprint density at radius 3 is 2.59 bits per heavy atom. The van der Waals surface area contributed by atoms with Crippen LogP contribution in [0.5, 0.6) is 0 Å². The lowest BCUT2D eigenvalue weighted by molar-refractivity contribution is -0.122. The monoisotopic (exact) mass is 403 g/mol. The number of halogens is 1. The largest absolute Gasteiger partial charge is 0.350 e. The number of amides is 1. The minimum atomic E-state index is -0.326. The molecule has 5 nitrogen and oxygen atoms in total. The Kier molecular flexibility index (Phi) is 5.40. The fourth-order valence-corrected chi connectivity index (χ4v) is 3.32. The van der Waals surface area contributed by atoms with Crippen LogP contribution in [0, 0.1) is 0 Å². The summed E-state index contributed by atoms with van der Waals surface area (Å²) in [6.45, 7) is 0.180. The standard InChI is InChI=1S/C23H18ClN3O2/c24-20-7-3-4-16(12-20)14-25-22(28)15-27-23(29)11-10-21(26-27)19-9-8-17-5-1-2-6-18(17)13-19/h1-13H,14-15H2,(H,25,28). The van der Waals surface area contributed by atoms with Crippen molar-refractivity contribution in [2.75, 3.05) is 0 Å². The fourth-order valence-electron chi connectivity index (χ4n) is 3.10. The Morgan fingerprint density at radius 2 is 1.76 bits per heavy atom. The maximum absolute atomic E-state index is 12.3. The van der Waals surface area contributed by atoms with Crippen LogP contribution >= 0.6 is 11.6 Å². The van der Waals surface area contributed by atoms with Gasteiger partial charge in [-0.3, -0.25) is 9.59 Å². The number of carbonyl (C=O) groups is 1. The minimum Gasteiger partial charge on any atom is -0.350 e. The molecule has 4 aromatic rings. The molecule has 0 aliphatic carbocycles. The van der Waals surface area contributed by atoms with E-state index >= 15 is 0 Å². The van der Waals surface area contributed by atoms with Gasteiger partial charge in [0.15, 0.2) is 0 Å². The van der Waals surface area contributed by atoms with Crippen LogP contribution in [-0.2, 0) is 17.9 Å². The lowest BCUT2D eigenvalue weighted by Crippen LogP contribution is -2.33. The number of fused-ring (bicyclic) bond motifs is 1. The van der Waals surface area contributed by atoms with Gasteiger partial charge in [-0.2, -0.15) is 5.10 Å². The van der Waals surface area contributed by atoms with Crippen molar-refractivity contribution < 1.29 is 4.79 Å². The number of hydrogen-bond acceptors (Lipinski definition) is 3. The molecular weight excluding hydrogens is 386 g/mol. The van der Waals surface area contributed by atoms with Crippen LogP contribution in [0.2, 0.25) is 5.02 Å². The predicted molar refractivity (Wildman–Crippen MR) is 115 cm³/mol. The third kappa shape index (κ3) is 4.52. The van der Waals surface area contributed by atoms with Crippen molar-refractivity contribution in [2.24, 2.45) is 0 Å². The Labute approximate surface area is 172 Å². The molecule has 0 unspecified atom stereocenters. The van der Waals surface area contributed by atoms with Gasteiger partial charge >= 0.3 is 0 Å². The molecule has 0 saturated heterocycles. The van der Waals surface area contributed by atoms with Crippen molar-refractivity contribution in [1.29, 1.82) is 0 Å². The molecule has 0 bridgehead atoms. The second-order valence-electron chi connectivity index (χ2n) is 6.68. The van der Waals surface area contributed by atoms with Gasteiger partial charge in [0.05, 0.1) is 5.69 Å². The molecule has 1 amide bonds. The van der Waals surface area contributed by atoms with Crippen molar-refractivity contribution in [3.05, 3.63) is 99.8 Å². The number of rotatable bonds is 5. The minimum absolute atomic E-state index is 0.152. The highest BCUT2D eigenvalue weighted by Crippen LogP contribution is 2.22. The first-order chi connectivity index (χ1) is 14.1. The van der Waals surface area contributed by atoms with E-state index in [4.69, 9.17) is 11.6 Å². The molecule has 0 spiro atoms. The Balaban J connectivity index is 1.51. The van der Waals surface area contributed by atoms with Crippen molar-refractivity contribution in [2.45, 2.75) is 13.1 Å². The topological polar surface area (TPSA) is 64.0 Å². The van der Waals surface area contributed by atoms with E-state index in [2.05, 4.69) is 10.4 Å². The summed E-state index contributed by atoms with van der Waals surface area (Å²) in [7, 11) is 0. The molecule has 0 aliphatic rings. The maximum atomic E-state index is 12.3. The lowest BCUT2D eigenvalue weighted by atomic mass is 10.1. The summed E-state index contributed by atoms with van der Waals surface area (Å²) in [5.74, 6) is -0.296. The molecule has 4 rings (SSSR count). The van der Waals surface area contributed by atoms with Gasteiger partial charge in [-0.05, 0) is 40.6 Å². The van der Waals surface area contributed by atoms with Crippen LogP contribution in [0.15, 0.2) is 83.7 Å². The Hall–Kier alpha value is -3.44. The first kappa shape index (κ1) is 18.9. The number of hydrogen-bond donors (Lipinski definition) is 1. The lowest BCUT2D eigenvalue weighted by Gasteiger charge is -2.09. The molecule has 1 heterocycles. The second kappa shape index (κ2) is 8.29. The highest BCUT2D eigenvalue weighted by molar-refractivity contribution is 6.30. The van der Waals surface area contributed by atoms with E-state index in [1.54, 1.807) is 18.2 Å². The number of nitrogens with one attached hydrogen (secondary N) is 1. The summed E-state index contributed by atoms with van der Waals surface area (Å²) in [5.41, 5.74) is 2.08. The van der Waals surface area contributed by atoms with E-state index in [1.165, 1.54) is 10.7 Å². The summed E-state index contributed by atoms with van der Waals surface area (Å²) in [6, 6.07) is 24.4. The molecule has 0 radical (unpaired) electrons. The SMILES string of the molecule is O=C(Cn1nc(-c2ccc3ccccc3c2)ccc1=O)NCc1cccc(Cl)c1. The molecule has 0 saturated carbocycles. The molecule has 144 valence electrons. The van der Waals surface area contributed by atoms with Gasteiger partial charge in [0, 0.05) is 23.2 Å². The summed E-state index contributed by atoms with van der Waals surface area (Å²) in [5, 5.41) is 9.99. The van der Waals surface area contributed by atoms with E-state index in [9.17, 15) is 9.59 Å². The van der Waals surface area contributed by atoms with Crippen molar-refractivity contribution >= 4 is 28.3 Å². The molecule has 0 atom stereocenters. The van der Waals surface area contributed by atoms with E-state index in [-0.39, 0.29) is 18.0 Å². The van der Waals surface area contributed by atoms with Crippen molar-refractivity contribution in [3.63, 3.8) is 0 Å². The van der Waals surface area contributed by atoms with Crippen LogP contribution in [-0.4, -0.2) is 15.7 Å². The zero-order valence-electron chi connectivity index (χ0n) is 15.5. The van der Waals surface area contributed by atoms with Gasteiger partial charge in [0.1, 0.15) is 6.54 Å². The summed E-state index contributed by atoms with van der Waals surface area (Å²) in [4.78, 5) is 24.5. The number of aromatic nitrogens is 2. The van der Waals surface area contributed by atoms with Gasteiger partial charge in [0.25, 0.3) is 5.56 Å². The molecular formula is C23H18ClN3O2. The number of nitrogens with zero attached hydrogens (tertiary/aromatic N) is 2. The predicted octanol–water partition coefficient (Wildman–Crippen LogP) is 4.03. The van der Waals surface area contributed by atoms with E-state index < -0.39 is 0 Å². The normalized spacial score (nSPS) is 10.8. The average molecular weight is 404 g/mol. The van der Waals surface area contributed by atoms with Crippen LogP contribution in [0.4, 0.5) is 0 Å². The summed E-state index contributed by atoms with van der Waals surface area (Å²) in [6.07, 6.45) is 0. The second-order valence-corrected chi connectivity index (χ2v) is 7.12. The summed E-state index contributed by atoms with van der Waals surface area (Å²) >= 11 is 5.95. The van der Waals surface area contributed by atoms with Crippen molar-refractivity contribution in [1.82, 2.24) is 15.1 Å². The zero-order valence-corrected chi connectivity index (χ0v) is 16.3. The molecule has 1 aromatic heterocycles. The van der Waals surface area contributed by atoms with Crippen LogP contribution < -0.4 is 10.9 Å². The van der Waals surface area contributed by atoms with Gasteiger partial charge in [-0.1, -0.05) is 60.1 Å². The van der Waals surface area contributed by atoms with Crippen molar-refractivity contribution in [3.8, 4) is 11.3 Å². The molecule has 6 heteroatoms. The van der Waals surface area contributed by atoms with Crippen LogP contribution in [0.25, 0.3) is 22.0 Å². The van der Waals surface area contributed by atoms with Gasteiger partial charge in [-0.15, -0.1) is 0 Å². The number of carbonyl (C=O) groups excluding carboxylic acids is 1. The fraction of sp³-hybridized carbons (Fsp3) is 0.0870. The quantitative estimate of drug-likeness (QED) is 0.547. The maximum Gasteiger partial charge on any atom is 0.267 e. The highest BCUT2D eigenvalue weighted by atomic mass is 35.5. The average Bonchev–Trinajstić information content (AvgIpc) is 2.73. The van der Waals surface area contributed by atoms with Gasteiger partial charge in [-0.25, -0.2) is 4.68 Å². The van der Waals surface area contributed by atoms with E-state index in [0.29, 0.717) is 17.3 Å². The van der Waals surface area contributed by atoms with Crippen LogP contribution in [0.1, 0.15) is 5.56 Å². The third-order valence-corrected chi connectivity index (χ3v) is 4.82. The summed E-state index contributed by atoms with van der Waals surface area (Å²) < 4.78 is 1.18. The van der Waals surface area contributed by atoms with E-state index in [0.717, 1.165) is 21.9 Å². The molecule has 3 aromatic carbocycles. The van der Waals surface area contributed by atoms with Gasteiger partial charge < -0.3 is 5.32 Å². The molecule has 29 heavy (non-hydrogen) atoms.